The van der Waals surface area contributed by atoms with E-state index < -0.39 is 0 Å². The average molecular weight is 362 g/mol. The summed E-state index contributed by atoms with van der Waals surface area (Å²) in [6, 6.07) is 34.3. The molecule has 2 nitrogen and oxygen atoms in total. The van der Waals surface area contributed by atoms with Crippen LogP contribution < -0.4 is 5.73 Å². The van der Waals surface area contributed by atoms with Crippen LogP contribution in [0.15, 0.2) is 97.1 Å². The zero-order valence-electron chi connectivity index (χ0n) is 15.7. The van der Waals surface area contributed by atoms with Crippen molar-refractivity contribution < 1.29 is 0 Å². The van der Waals surface area contributed by atoms with Crippen LogP contribution in [0.2, 0.25) is 0 Å². The van der Waals surface area contributed by atoms with Crippen LogP contribution in [0.25, 0.3) is 27.5 Å². The van der Waals surface area contributed by atoms with Crippen molar-refractivity contribution in [3.05, 3.63) is 108 Å². The van der Waals surface area contributed by atoms with Gasteiger partial charge >= 0.3 is 0 Å². The summed E-state index contributed by atoms with van der Waals surface area (Å²) in [6.45, 7) is 0. The van der Waals surface area contributed by atoms with Gasteiger partial charge in [-0.3, -0.25) is 0 Å². The van der Waals surface area contributed by atoms with Gasteiger partial charge in [-0.2, -0.15) is 0 Å². The minimum Gasteiger partial charge on any atom is -0.399 e. The van der Waals surface area contributed by atoms with Crippen LogP contribution in [-0.2, 0) is 12.8 Å². The van der Waals surface area contributed by atoms with E-state index in [1.807, 2.05) is 12.1 Å². The van der Waals surface area contributed by atoms with E-state index >= 15 is 0 Å². The minimum atomic E-state index is 0.785. The van der Waals surface area contributed by atoms with Gasteiger partial charge in [0, 0.05) is 22.1 Å². The van der Waals surface area contributed by atoms with Gasteiger partial charge in [-0.15, -0.1) is 0 Å². The highest BCUT2D eigenvalue weighted by Crippen LogP contribution is 2.33. The second-order valence-electron chi connectivity index (χ2n) is 7.28. The van der Waals surface area contributed by atoms with Crippen LogP contribution in [-0.4, -0.2) is 4.57 Å². The maximum atomic E-state index is 5.90. The summed E-state index contributed by atoms with van der Waals surface area (Å²) in [6.07, 6.45) is 2.10. The van der Waals surface area contributed by atoms with Crippen molar-refractivity contribution in [2.45, 2.75) is 12.8 Å². The molecule has 5 rings (SSSR count). The average Bonchev–Trinajstić information content (AvgIpc) is 3.07. The number of fused-ring (bicyclic) bond motifs is 3. The highest BCUT2D eigenvalue weighted by atomic mass is 15.0. The van der Waals surface area contributed by atoms with Crippen molar-refractivity contribution >= 4 is 27.5 Å². The van der Waals surface area contributed by atoms with Gasteiger partial charge in [0.15, 0.2) is 0 Å². The number of aryl methyl sites for hydroxylation is 2. The molecule has 28 heavy (non-hydrogen) atoms. The van der Waals surface area contributed by atoms with E-state index in [1.165, 1.54) is 32.9 Å². The van der Waals surface area contributed by atoms with E-state index in [1.54, 1.807) is 0 Å². The number of anilines is 1. The molecule has 2 heteroatoms. The van der Waals surface area contributed by atoms with Gasteiger partial charge < -0.3 is 10.3 Å². The van der Waals surface area contributed by atoms with Gasteiger partial charge in [0.25, 0.3) is 0 Å². The Balaban J connectivity index is 1.61. The molecule has 0 aliphatic carbocycles. The smallest absolute Gasteiger partial charge is 0.0541 e. The Morgan fingerprint density at radius 3 is 2.07 bits per heavy atom. The van der Waals surface area contributed by atoms with Crippen molar-refractivity contribution in [3.8, 4) is 5.69 Å². The normalized spacial score (nSPS) is 11.3. The third kappa shape index (κ3) is 2.93. The first-order valence-electron chi connectivity index (χ1n) is 9.71. The second kappa shape index (κ2) is 6.90. The van der Waals surface area contributed by atoms with Crippen molar-refractivity contribution in [1.82, 2.24) is 4.57 Å². The van der Waals surface area contributed by atoms with Crippen molar-refractivity contribution in [2.24, 2.45) is 0 Å². The summed E-state index contributed by atoms with van der Waals surface area (Å²) >= 11 is 0. The zero-order valence-corrected chi connectivity index (χ0v) is 15.7. The maximum Gasteiger partial charge on any atom is 0.0541 e. The van der Waals surface area contributed by atoms with E-state index in [0.717, 1.165) is 24.2 Å². The molecule has 136 valence electrons. The summed E-state index contributed by atoms with van der Waals surface area (Å²) in [7, 11) is 0. The van der Waals surface area contributed by atoms with E-state index in [0.29, 0.717) is 0 Å². The molecule has 5 aromatic rings. The summed E-state index contributed by atoms with van der Waals surface area (Å²) in [5, 5.41) is 2.59. The molecule has 0 saturated carbocycles. The molecule has 0 radical (unpaired) electrons. The fraction of sp³-hybridized carbons (Fsp3) is 0.0769. The molecule has 1 aromatic heterocycles. The number of nitrogen functional groups attached to an aromatic ring is 1. The quantitative estimate of drug-likeness (QED) is 0.382. The molecule has 0 amide bonds. The number of nitrogens with two attached hydrogens (primary N) is 1. The van der Waals surface area contributed by atoms with Crippen molar-refractivity contribution in [1.29, 1.82) is 0 Å². The highest BCUT2D eigenvalue weighted by molar-refractivity contribution is 6.09. The van der Waals surface area contributed by atoms with Crippen LogP contribution in [0.4, 0.5) is 5.69 Å². The Morgan fingerprint density at radius 2 is 1.25 bits per heavy atom. The molecular weight excluding hydrogens is 340 g/mol. The lowest BCUT2D eigenvalue weighted by atomic mass is 10.0. The van der Waals surface area contributed by atoms with Crippen LogP contribution in [0.5, 0.6) is 0 Å². The largest absolute Gasteiger partial charge is 0.399 e. The Morgan fingerprint density at radius 1 is 0.571 bits per heavy atom. The Hall–Kier alpha value is -3.52. The number of para-hydroxylation sites is 1. The number of aromatic nitrogens is 1. The third-order valence-corrected chi connectivity index (χ3v) is 5.43. The first kappa shape index (κ1) is 16.6. The lowest BCUT2D eigenvalue weighted by molar-refractivity contribution is 0.962. The summed E-state index contributed by atoms with van der Waals surface area (Å²) in [5.41, 5.74) is 13.0. The van der Waals surface area contributed by atoms with Crippen LogP contribution in [0.3, 0.4) is 0 Å². The number of rotatable bonds is 4. The molecule has 0 aliphatic heterocycles. The van der Waals surface area contributed by atoms with Crippen molar-refractivity contribution in [3.63, 3.8) is 0 Å². The number of nitrogens with zero attached hydrogens (tertiary/aromatic N) is 1. The monoisotopic (exact) mass is 362 g/mol. The first-order valence-corrected chi connectivity index (χ1v) is 9.71. The van der Waals surface area contributed by atoms with E-state index in [4.69, 9.17) is 5.73 Å². The number of hydrogen-bond donors (Lipinski definition) is 1. The summed E-state index contributed by atoms with van der Waals surface area (Å²) in [4.78, 5) is 0. The van der Waals surface area contributed by atoms with E-state index in [-0.39, 0.29) is 0 Å². The summed E-state index contributed by atoms with van der Waals surface area (Å²) in [5.74, 6) is 0. The van der Waals surface area contributed by atoms with E-state index in [2.05, 4.69) is 89.5 Å². The van der Waals surface area contributed by atoms with Gasteiger partial charge in [0.2, 0.25) is 0 Å². The predicted octanol–water partition coefficient (Wildman–Crippen LogP) is 6.15. The van der Waals surface area contributed by atoms with Crippen LogP contribution in [0, 0.1) is 0 Å². The molecule has 0 bridgehead atoms. The Bertz CT molecular complexity index is 1250. The van der Waals surface area contributed by atoms with Crippen LogP contribution in [0.1, 0.15) is 11.1 Å². The fourth-order valence-electron chi connectivity index (χ4n) is 4.01. The van der Waals surface area contributed by atoms with Gasteiger partial charge in [0.05, 0.1) is 11.0 Å². The minimum absolute atomic E-state index is 0.785. The highest BCUT2D eigenvalue weighted by Gasteiger charge is 2.12. The van der Waals surface area contributed by atoms with E-state index in [9.17, 15) is 0 Å². The molecular formula is C26H22N2. The molecule has 1 heterocycles. The molecule has 0 aliphatic rings. The Labute approximate surface area is 164 Å². The zero-order chi connectivity index (χ0) is 18.9. The number of hydrogen-bond acceptors (Lipinski definition) is 1. The lowest BCUT2D eigenvalue weighted by Crippen LogP contribution is -1.95. The van der Waals surface area contributed by atoms with Gasteiger partial charge in [-0.25, -0.2) is 0 Å². The second-order valence-corrected chi connectivity index (χ2v) is 7.28. The molecule has 0 saturated heterocycles. The maximum absolute atomic E-state index is 5.90. The molecule has 4 aromatic carbocycles. The molecule has 0 atom stereocenters. The van der Waals surface area contributed by atoms with Gasteiger partial charge in [0.1, 0.15) is 0 Å². The Kier molecular flexibility index (Phi) is 4.10. The predicted molar refractivity (Wildman–Crippen MR) is 119 cm³/mol. The molecule has 0 spiro atoms. The van der Waals surface area contributed by atoms with Gasteiger partial charge in [-0.05, 0) is 66.4 Å². The standard InChI is InChI=1S/C26H22N2/c27-21-13-15-22(16-14-21)28-25-9-5-4-8-23(25)24-18-20(12-17-26(24)28)11-10-19-6-2-1-3-7-19/h1-9,12-18H,10-11,27H2. The lowest BCUT2D eigenvalue weighted by Gasteiger charge is -2.08. The molecule has 2 N–H and O–H groups in total. The SMILES string of the molecule is Nc1ccc(-n2c3ccccc3c3cc(CCc4ccccc4)ccc32)cc1. The van der Waals surface area contributed by atoms with Gasteiger partial charge in [-0.1, -0.05) is 54.6 Å². The first-order chi connectivity index (χ1) is 13.8. The molecule has 0 unspecified atom stereocenters. The summed E-state index contributed by atoms with van der Waals surface area (Å²) < 4.78 is 2.32. The topological polar surface area (TPSA) is 30.9 Å². The number of benzene rings is 4. The van der Waals surface area contributed by atoms with Crippen LogP contribution >= 0.6 is 0 Å². The third-order valence-electron chi connectivity index (χ3n) is 5.43. The fourth-order valence-corrected chi connectivity index (χ4v) is 4.01. The van der Waals surface area contributed by atoms with Crippen molar-refractivity contribution in [2.75, 3.05) is 5.73 Å². The molecule has 0 fully saturated rings.